The maximum absolute atomic E-state index is 11.4. The van der Waals surface area contributed by atoms with E-state index in [2.05, 4.69) is 9.97 Å². The van der Waals surface area contributed by atoms with E-state index in [1.54, 1.807) is 0 Å². The molecule has 0 N–H and O–H groups in total. The van der Waals surface area contributed by atoms with E-state index in [0.29, 0.717) is 0 Å². The summed E-state index contributed by atoms with van der Waals surface area (Å²) in [7, 11) is 0. The number of rotatable bonds is 1. The molecule has 78 valence electrons. The van der Waals surface area contributed by atoms with E-state index < -0.39 is 0 Å². The lowest BCUT2D eigenvalue weighted by Crippen LogP contribution is -2.25. The van der Waals surface area contributed by atoms with Crippen molar-refractivity contribution in [1.29, 1.82) is 0 Å². The molecule has 1 saturated heterocycles. The molecule has 0 unspecified atom stereocenters. The van der Waals surface area contributed by atoms with Gasteiger partial charge in [0.2, 0.25) is 11.2 Å². The highest BCUT2D eigenvalue weighted by Crippen LogP contribution is 2.21. The Morgan fingerprint density at radius 3 is 2.53 bits per heavy atom. The van der Waals surface area contributed by atoms with Crippen molar-refractivity contribution in [3.8, 4) is 0 Å². The molecule has 1 aliphatic rings. The lowest BCUT2D eigenvalue weighted by atomic mass is 10.3. The van der Waals surface area contributed by atoms with Crippen LogP contribution in [0.1, 0.15) is 6.42 Å². The summed E-state index contributed by atoms with van der Waals surface area (Å²) < 4.78 is 0. The molecule has 1 aliphatic heterocycles. The van der Waals surface area contributed by atoms with Gasteiger partial charge in [-0.2, -0.15) is 0 Å². The molecule has 0 saturated carbocycles. The van der Waals surface area contributed by atoms with Gasteiger partial charge in [-0.15, -0.1) is 0 Å². The molecule has 1 aromatic rings. The first-order valence-corrected chi connectivity index (χ1v) is 4.84. The molecule has 1 amide bonds. The van der Waals surface area contributed by atoms with Crippen LogP contribution in [0.2, 0.25) is 10.4 Å². The summed E-state index contributed by atoms with van der Waals surface area (Å²) in [5, 5.41) is 0.0850. The van der Waals surface area contributed by atoms with Crippen molar-refractivity contribution >= 4 is 40.7 Å². The molecule has 0 aliphatic carbocycles. The standard InChI is InChI=1S/C8H5Cl2N3O2/c9-5-2-6(12-8(10)11-5)13-3-4(14)1-7(13)15/h2H,1,3H2. The Hall–Kier alpha value is -1.20. The average molecular weight is 246 g/mol. The van der Waals surface area contributed by atoms with Crippen LogP contribution in [0.25, 0.3) is 0 Å². The van der Waals surface area contributed by atoms with Crippen LogP contribution in [0.4, 0.5) is 5.82 Å². The van der Waals surface area contributed by atoms with Gasteiger partial charge in [-0.25, -0.2) is 9.97 Å². The third kappa shape index (κ3) is 2.08. The first-order valence-electron chi connectivity index (χ1n) is 4.08. The van der Waals surface area contributed by atoms with Gasteiger partial charge in [0.25, 0.3) is 0 Å². The number of ketones is 1. The molecular weight excluding hydrogens is 241 g/mol. The number of nitrogens with zero attached hydrogens (tertiary/aromatic N) is 3. The van der Waals surface area contributed by atoms with Gasteiger partial charge in [0, 0.05) is 6.07 Å². The summed E-state index contributed by atoms with van der Waals surface area (Å²) in [5.74, 6) is -0.187. The molecule has 7 heteroatoms. The summed E-state index contributed by atoms with van der Waals surface area (Å²) in [6.07, 6.45) is -0.0980. The summed E-state index contributed by atoms with van der Waals surface area (Å²) in [5.41, 5.74) is 0. The Morgan fingerprint density at radius 2 is 2.00 bits per heavy atom. The van der Waals surface area contributed by atoms with E-state index in [1.165, 1.54) is 11.0 Å². The molecule has 0 bridgehead atoms. The minimum atomic E-state index is -0.300. The van der Waals surface area contributed by atoms with Gasteiger partial charge in [0.1, 0.15) is 11.0 Å². The molecule has 5 nitrogen and oxygen atoms in total. The summed E-state index contributed by atoms with van der Waals surface area (Å²) in [6.45, 7) is 0.0164. The van der Waals surface area contributed by atoms with Crippen molar-refractivity contribution < 1.29 is 9.59 Å². The van der Waals surface area contributed by atoms with Crippen LogP contribution < -0.4 is 4.90 Å². The highest BCUT2D eigenvalue weighted by molar-refractivity contribution is 6.32. The summed E-state index contributed by atoms with van der Waals surface area (Å²) in [4.78, 5) is 31.1. The minimum absolute atomic E-state index is 0.0164. The smallest absolute Gasteiger partial charge is 0.236 e. The Balaban J connectivity index is 2.37. The van der Waals surface area contributed by atoms with Crippen molar-refractivity contribution in [3.63, 3.8) is 0 Å². The molecule has 2 rings (SSSR count). The normalized spacial score (nSPS) is 16.3. The quantitative estimate of drug-likeness (QED) is 0.422. The molecule has 1 fully saturated rings. The zero-order valence-corrected chi connectivity index (χ0v) is 8.92. The fourth-order valence-electron chi connectivity index (χ4n) is 1.31. The topological polar surface area (TPSA) is 63.2 Å². The summed E-state index contributed by atoms with van der Waals surface area (Å²) >= 11 is 11.2. The van der Waals surface area contributed by atoms with Crippen LogP contribution in [-0.4, -0.2) is 28.2 Å². The maximum Gasteiger partial charge on any atom is 0.236 e. The number of anilines is 1. The molecule has 2 heterocycles. The predicted molar refractivity (Wildman–Crippen MR) is 54.0 cm³/mol. The molecule has 15 heavy (non-hydrogen) atoms. The number of carbonyl (C=O) groups is 2. The van der Waals surface area contributed by atoms with Crippen LogP contribution in [-0.2, 0) is 9.59 Å². The van der Waals surface area contributed by atoms with Crippen molar-refractivity contribution in [3.05, 3.63) is 16.5 Å². The Kier molecular flexibility index (Phi) is 2.58. The van der Waals surface area contributed by atoms with E-state index in [4.69, 9.17) is 23.2 Å². The second-order valence-electron chi connectivity index (χ2n) is 3.01. The highest BCUT2D eigenvalue weighted by atomic mass is 35.5. The van der Waals surface area contributed by atoms with E-state index in [-0.39, 0.29) is 40.9 Å². The molecule has 1 aromatic heterocycles. The van der Waals surface area contributed by atoms with E-state index in [1.807, 2.05) is 0 Å². The molecule has 0 spiro atoms. The van der Waals surface area contributed by atoms with Gasteiger partial charge in [-0.3, -0.25) is 14.5 Å². The van der Waals surface area contributed by atoms with Gasteiger partial charge in [0.05, 0.1) is 13.0 Å². The lowest BCUT2D eigenvalue weighted by Gasteiger charge is -2.13. The van der Waals surface area contributed by atoms with Gasteiger partial charge in [0.15, 0.2) is 5.78 Å². The number of hydrogen-bond donors (Lipinski definition) is 0. The SMILES string of the molecule is O=C1CC(=O)N(c2cc(Cl)nc(Cl)n2)C1. The largest absolute Gasteiger partial charge is 0.297 e. The monoisotopic (exact) mass is 245 g/mol. The van der Waals surface area contributed by atoms with Crippen LogP contribution in [0.5, 0.6) is 0 Å². The molecule has 0 aromatic carbocycles. The number of carbonyl (C=O) groups excluding carboxylic acids is 2. The number of amides is 1. The predicted octanol–water partition coefficient (Wildman–Crippen LogP) is 1.09. The van der Waals surface area contributed by atoms with Crippen LogP contribution in [0.15, 0.2) is 6.07 Å². The second-order valence-corrected chi connectivity index (χ2v) is 3.74. The first-order chi connectivity index (χ1) is 7.06. The zero-order valence-electron chi connectivity index (χ0n) is 7.41. The maximum atomic E-state index is 11.4. The third-order valence-corrected chi connectivity index (χ3v) is 2.28. The Bertz CT molecular complexity index is 429. The third-order valence-electron chi connectivity index (χ3n) is 1.91. The van der Waals surface area contributed by atoms with Crippen LogP contribution in [0.3, 0.4) is 0 Å². The molecule has 0 atom stereocenters. The first kappa shape index (κ1) is 10.3. The Labute approximate surface area is 95.0 Å². The number of hydrogen-bond acceptors (Lipinski definition) is 4. The van der Waals surface area contributed by atoms with E-state index >= 15 is 0 Å². The zero-order chi connectivity index (χ0) is 11.0. The molecule has 0 radical (unpaired) electrons. The van der Waals surface area contributed by atoms with Crippen molar-refractivity contribution in [2.75, 3.05) is 11.4 Å². The highest BCUT2D eigenvalue weighted by Gasteiger charge is 2.29. The van der Waals surface area contributed by atoms with Gasteiger partial charge >= 0.3 is 0 Å². The van der Waals surface area contributed by atoms with Gasteiger partial charge in [-0.05, 0) is 11.6 Å². The fourth-order valence-corrected chi connectivity index (χ4v) is 1.71. The number of aromatic nitrogens is 2. The second kappa shape index (κ2) is 3.75. The van der Waals surface area contributed by atoms with Gasteiger partial charge in [-0.1, -0.05) is 11.6 Å². The molecular formula is C8H5Cl2N3O2. The van der Waals surface area contributed by atoms with Crippen molar-refractivity contribution in [2.24, 2.45) is 0 Å². The van der Waals surface area contributed by atoms with Crippen LogP contribution in [0, 0.1) is 0 Å². The van der Waals surface area contributed by atoms with Crippen LogP contribution >= 0.6 is 23.2 Å². The van der Waals surface area contributed by atoms with E-state index in [0.717, 1.165) is 0 Å². The number of Topliss-reactive ketones (excluding diaryl/α,β-unsaturated/α-hetero) is 1. The minimum Gasteiger partial charge on any atom is -0.297 e. The fraction of sp³-hybridized carbons (Fsp3) is 0.250. The van der Waals surface area contributed by atoms with Crippen molar-refractivity contribution in [1.82, 2.24) is 9.97 Å². The summed E-state index contributed by atoms with van der Waals surface area (Å²) in [6, 6.07) is 1.39. The van der Waals surface area contributed by atoms with E-state index in [9.17, 15) is 9.59 Å². The Morgan fingerprint density at radius 1 is 1.27 bits per heavy atom. The average Bonchev–Trinajstić information content (AvgIpc) is 2.43. The lowest BCUT2D eigenvalue weighted by molar-refractivity contribution is -0.121. The van der Waals surface area contributed by atoms with Crippen molar-refractivity contribution in [2.45, 2.75) is 6.42 Å². The number of halogens is 2. The van der Waals surface area contributed by atoms with Gasteiger partial charge < -0.3 is 0 Å².